The van der Waals surface area contributed by atoms with E-state index in [1.165, 1.54) is 6.20 Å². The fourth-order valence-corrected chi connectivity index (χ4v) is 2.85. The van der Waals surface area contributed by atoms with E-state index < -0.39 is 23.8 Å². The third kappa shape index (κ3) is 2.51. The van der Waals surface area contributed by atoms with Crippen LogP contribution in [0.3, 0.4) is 0 Å². The molecule has 0 bridgehead atoms. The van der Waals surface area contributed by atoms with Gasteiger partial charge in [-0.05, 0) is 6.07 Å². The molecule has 22 heavy (non-hydrogen) atoms. The molecule has 2 heterocycles. The van der Waals surface area contributed by atoms with Gasteiger partial charge in [0.05, 0.1) is 11.3 Å². The van der Waals surface area contributed by atoms with Crippen molar-refractivity contribution in [2.45, 2.75) is 12.3 Å². The Balaban J connectivity index is 1.95. The molecule has 2 aromatic heterocycles. The van der Waals surface area contributed by atoms with Crippen molar-refractivity contribution < 1.29 is 23.1 Å². The summed E-state index contributed by atoms with van der Waals surface area (Å²) in [5.74, 6) is -0.483. The summed E-state index contributed by atoms with van der Waals surface area (Å²) in [6.45, 7) is 0. The van der Waals surface area contributed by atoms with Crippen LogP contribution in [-0.2, 0) is 0 Å². The molecule has 0 amide bonds. The molecule has 4 nitrogen and oxygen atoms in total. The van der Waals surface area contributed by atoms with E-state index >= 15 is 0 Å². The molecule has 2 N–H and O–H groups in total. The molecule has 0 aliphatic carbocycles. The molecule has 0 fully saturated rings. The average molecular weight is 326 g/mol. The third-order valence-electron chi connectivity index (χ3n) is 3.14. The number of hydrogen-bond donors (Lipinski definition) is 2. The van der Waals surface area contributed by atoms with E-state index in [1.54, 1.807) is 24.3 Å². The maximum absolute atomic E-state index is 12.5. The number of alkyl halides is 3. The van der Waals surface area contributed by atoms with Crippen molar-refractivity contribution >= 4 is 28.0 Å². The van der Waals surface area contributed by atoms with Crippen molar-refractivity contribution in [1.29, 1.82) is 0 Å². The second-order valence-electron chi connectivity index (χ2n) is 4.60. The van der Waals surface area contributed by atoms with E-state index in [0.29, 0.717) is 10.9 Å². The molecular weight excluding hydrogens is 317 g/mol. The minimum atomic E-state index is -4.81. The number of H-pyrrole nitrogens is 1. The number of aromatic nitrogens is 2. The maximum Gasteiger partial charge on any atom is 0.420 e. The monoisotopic (exact) mass is 326 g/mol. The molecule has 3 rings (SSSR count). The van der Waals surface area contributed by atoms with Crippen LogP contribution in [0.15, 0.2) is 35.8 Å². The summed E-state index contributed by atoms with van der Waals surface area (Å²) in [5.41, 5.74) is 0.511. The average Bonchev–Trinajstić information content (AvgIpc) is 3.12. The van der Waals surface area contributed by atoms with Crippen LogP contribution in [0.25, 0.3) is 10.9 Å². The molecule has 8 heteroatoms. The first kappa shape index (κ1) is 14.7. The second kappa shape index (κ2) is 5.22. The highest BCUT2D eigenvalue weighted by atomic mass is 32.1. The summed E-state index contributed by atoms with van der Waals surface area (Å²) in [4.78, 5) is 18.9. The Bertz CT molecular complexity index is 838. The van der Waals surface area contributed by atoms with Crippen LogP contribution >= 0.6 is 11.3 Å². The number of fused-ring (bicyclic) bond motifs is 1. The Morgan fingerprint density at radius 2 is 2.05 bits per heavy atom. The number of carbonyl (C=O) groups is 1. The van der Waals surface area contributed by atoms with E-state index in [9.17, 15) is 18.0 Å². The Morgan fingerprint density at radius 1 is 1.32 bits per heavy atom. The van der Waals surface area contributed by atoms with Gasteiger partial charge in [0, 0.05) is 22.5 Å². The predicted octanol–water partition coefficient (Wildman–Crippen LogP) is 3.45. The van der Waals surface area contributed by atoms with Gasteiger partial charge in [0.15, 0.2) is 11.1 Å². The highest BCUT2D eigenvalue weighted by Gasteiger charge is 2.41. The lowest BCUT2D eigenvalue weighted by Gasteiger charge is -2.11. The van der Waals surface area contributed by atoms with Crippen LogP contribution in [0, 0.1) is 0 Å². The number of aliphatic hydroxyl groups is 1. The van der Waals surface area contributed by atoms with Gasteiger partial charge >= 0.3 is 6.18 Å². The predicted molar refractivity (Wildman–Crippen MR) is 74.9 cm³/mol. The molecule has 1 atom stereocenters. The minimum absolute atomic E-state index is 0.0944. The van der Waals surface area contributed by atoms with Crippen molar-refractivity contribution in [3.8, 4) is 0 Å². The largest absolute Gasteiger partial charge is 0.420 e. The van der Waals surface area contributed by atoms with E-state index in [0.717, 1.165) is 22.2 Å². The quantitative estimate of drug-likeness (QED) is 0.725. The summed E-state index contributed by atoms with van der Waals surface area (Å²) < 4.78 is 37.4. The fraction of sp³-hybridized carbons (Fsp3) is 0.143. The molecule has 0 saturated heterocycles. The van der Waals surface area contributed by atoms with Gasteiger partial charge in [0.25, 0.3) is 0 Å². The number of benzene rings is 1. The van der Waals surface area contributed by atoms with Crippen LogP contribution in [-0.4, -0.2) is 27.0 Å². The molecule has 0 unspecified atom stereocenters. The lowest BCUT2D eigenvalue weighted by molar-refractivity contribution is -0.207. The standard InChI is InChI=1S/C14H9F3N2O2S/c15-14(16,17)12(21)10-6-22-13(19-10)11(20)8-5-18-9-4-2-1-3-7(8)9/h1-6,12,18,21H/t12-/m1/s1. The number of aromatic amines is 1. The van der Waals surface area contributed by atoms with E-state index in [4.69, 9.17) is 5.11 Å². The summed E-state index contributed by atoms with van der Waals surface area (Å²) in [6, 6.07) is 7.08. The van der Waals surface area contributed by atoms with Crippen LogP contribution < -0.4 is 0 Å². The highest BCUT2D eigenvalue weighted by Crippen LogP contribution is 2.33. The Morgan fingerprint density at radius 3 is 2.77 bits per heavy atom. The van der Waals surface area contributed by atoms with Gasteiger partial charge in [0.2, 0.25) is 5.78 Å². The van der Waals surface area contributed by atoms with Crippen molar-refractivity contribution in [1.82, 2.24) is 9.97 Å². The Labute approximate surface area is 126 Å². The SMILES string of the molecule is O=C(c1nc([C@@H](O)C(F)(F)F)cs1)c1c[nH]c2ccccc12. The van der Waals surface area contributed by atoms with Gasteiger partial charge in [-0.1, -0.05) is 18.2 Å². The molecule has 1 aromatic carbocycles. The molecular formula is C14H9F3N2O2S. The van der Waals surface area contributed by atoms with Gasteiger partial charge in [0.1, 0.15) is 0 Å². The molecule has 0 aliphatic heterocycles. The first-order valence-corrected chi connectivity index (χ1v) is 7.07. The van der Waals surface area contributed by atoms with Crippen molar-refractivity contribution in [2.75, 3.05) is 0 Å². The number of nitrogens with one attached hydrogen (secondary N) is 1. The zero-order chi connectivity index (χ0) is 15.9. The molecule has 0 aliphatic rings. The van der Waals surface area contributed by atoms with Gasteiger partial charge < -0.3 is 10.1 Å². The van der Waals surface area contributed by atoms with Gasteiger partial charge in [-0.15, -0.1) is 11.3 Å². The Kier molecular flexibility index (Phi) is 3.50. The maximum atomic E-state index is 12.5. The van der Waals surface area contributed by atoms with Crippen molar-refractivity contribution in [3.63, 3.8) is 0 Å². The minimum Gasteiger partial charge on any atom is -0.378 e. The molecule has 0 saturated carbocycles. The van der Waals surface area contributed by atoms with Crippen LogP contribution in [0.4, 0.5) is 13.2 Å². The third-order valence-corrected chi connectivity index (χ3v) is 4.00. The number of aliphatic hydroxyl groups excluding tert-OH is 1. The molecule has 0 radical (unpaired) electrons. The van der Waals surface area contributed by atoms with E-state index in [2.05, 4.69) is 9.97 Å². The number of hydrogen-bond acceptors (Lipinski definition) is 4. The summed E-state index contributed by atoms with van der Waals surface area (Å²) in [6.07, 6.45) is -6.00. The topological polar surface area (TPSA) is 66.0 Å². The molecule has 3 aromatic rings. The first-order valence-electron chi connectivity index (χ1n) is 6.19. The van der Waals surface area contributed by atoms with Crippen LogP contribution in [0.2, 0.25) is 0 Å². The number of para-hydroxylation sites is 1. The van der Waals surface area contributed by atoms with E-state index in [-0.39, 0.29) is 5.01 Å². The summed E-state index contributed by atoms with van der Waals surface area (Å²) in [5, 5.41) is 10.8. The number of thiazole rings is 1. The van der Waals surface area contributed by atoms with Gasteiger partial charge in [-0.3, -0.25) is 4.79 Å². The summed E-state index contributed by atoms with van der Waals surface area (Å²) in [7, 11) is 0. The van der Waals surface area contributed by atoms with Crippen molar-refractivity contribution in [2.24, 2.45) is 0 Å². The normalized spacial score (nSPS) is 13.5. The molecule has 114 valence electrons. The summed E-state index contributed by atoms with van der Waals surface area (Å²) >= 11 is 0.774. The Hall–Kier alpha value is -2.19. The van der Waals surface area contributed by atoms with E-state index in [1.807, 2.05) is 0 Å². The van der Waals surface area contributed by atoms with Crippen LogP contribution in [0.1, 0.15) is 27.2 Å². The number of rotatable bonds is 3. The molecule has 0 spiro atoms. The lowest BCUT2D eigenvalue weighted by atomic mass is 10.1. The fourth-order valence-electron chi connectivity index (χ4n) is 2.06. The zero-order valence-electron chi connectivity index (χ0n) is 10.9. The smallest absolute Gasteiger partial charge is 0.378 e. The van der Waals surface area contributed by atoms with Crippen LogP contribution in [0.5, 0.6) is 0 Å². The van der Waals surface area contributed by atoms with Gasteiger partial charge in [-0.25, -0.2) is 4.98 Å². The first-order chi connectivity index (χ1) is 10.4. The number of ketones is 1. The number of nitrogens with zero attached hydrogens (tertiary/aromatic N) is 1. The number of halogens is 3. The van der Waals surface area contributed by atoms with Gasteiger partial charge in [-0.2, -0.15) is 13.2 Å². The highest BCUT2D eigenvalue weighted by molar-refractivity contribution is 7.12. The lowest BCUT2D eigenvalue weighted by Crippen LogP contribution is -2.20. The van der Waals surface area contributed by atoms with Crippen molar-refractivity contribution in [3.05, 3.63) is 52.1 Å². The second-order valence-corrected chi connectivity index (χ2v) is 5.46. The number of carbonyl (C=O) groups excluding carboxylic acids is 1. The zero-order valence-corrected chi connectivity index (χ0v) is 11.7.